The zero-order valence-corrected chi connectivity index (χ0v) is 41.5. The van der Waals surface area contributed by atoms with Crippen molar-refractivity contribution >= 4 is 35.7 Å². The van der Waals surface area contributed by atoms with Crippen LogP contribution in [0.4, 0.5) is 4.79 Å². The average molecular weight is 974 g/mol. The van der Waals surface area contributed by atoms with E-state index in [9.17, 15) is 28.8 Å². The minimum atomic E-state index is -1.41. The number of nitrogens with one attached hydrogen (secondary N) is 5. The van der Waals surface area contributed by atoms with E-state index in [1.165, 1.54) is 14.0 Å². The molecule has 0 fully saturated rings. The van der Waals surface area contributed by atoms with Crippen LogP contribution < -0.4 is 31.3 Å². The maximum absolute atomic E-state index is 14.6. The summed E-state index contributed by atoms with van der Waals surface area (Å²) in [5.41, 5.74) is 3.03. The van der Waals surface area contributed by atoms with E-state index in [4.69, 9.17) is 18.9 Å². The largest absolute Gasteiger partial charge is 0.489 e. The molecule has 5 rings (SSSR count). The Morgan fingerprint density at radius 2 is 1.13 bits per heavy atom. The first-order valence-electron chi connectivity index (χ1n) is 23.6. The number of ether oxygens (including phenoxy) is 4. The van der Waals surface area contributed by atoms with E-state index in [0.717, 1.165) is 16.7 Å². The van der Waals surface area contributed by atoms with Crippen molar-refractivity contribution < 1.29 is 47.7 Å². The van der Waals surface area contributed by atoms with Gasteiger partial charge in [-0.1, -0.05) is 117 Å². The predicted molar refractivity (Wildman–Crippen MR) is 267 cm³/mol. The smallest absolute Gasteiger partial charge is 0.408 e. The van der Waals surface area contributed by atoms with Gasteiger partial charge in [-0.05, 0) is 74.4 Å². The summed E-state index contributed by atoms with van der Waals surface area (Å²) in [6, 6.07) is 29.5. The van der Waals surface area contributed by atoms with E-state index in [2.05, 4.69) is 31.6 Å². The number of methoxy groups -OCH3 is 1. The van der Waals surface area contributed by atoms with Crippen LogP contribution in [0.5, 0.6) is 5.75 Å². The number of rotatable bonds is 25. The van der Waals surface area contributed by atoms with Crippen LogP contribution in [-0.4, -0.2) is 94.8 Å². The second-order valence-electron chi connectivity index (χ2n) is 18.6. The van der Waals surface area contributed by atoms with Crippen LogP contribution in [0, 0.1) is 5.92 Å². The van der Waals surface area contributed by atoms with Gasteiger partial charge in [-0.25, -0.2) is 14.6 Å². The van der Waals surface area contributed by atoms with Crippen molar-refractivity contribution in [2.75, 3.05) is 13.7 Å². The van der Waals surface area contributed by atoms with Crippen molar-refractivity contribution in [2.24, 2.45) is 5.92 Å². The second kappa shape index (κ2) is 27.0. The van der Waals surface area contributed by atoms with Gasteiger partial charge in [0, 0.05) is 25.6 Å². The number of imidazole rings is 1. The molecule has 4 aromatic carbocycles. The van der Waals surface area contributed by atoms with Crippen molar-refractivity contribution in [3.63, 3.8) is 0 Å². The number of carbonyl (C=O) groups is 6. The fourth-order valence-electron chi connectivity index (χ4n) is 7.27. The summed E-state index contributed by atoms with van der Waals surface area (Å²) in [7, 11) is 1.23. The zero-order valence-electron chi connectivity index (χ0n) is 41.5. The Morgan fingerprint density at radius 3 is 1.72 bits per heavy atom. The molecule has 0 radical (unpaired) electrons. The van der Waals surface area contributed by atoms with Gasteiger partial charge in [0.2, 0.25) is 23.6 Å². The highest BCUT2D eigenvalue weighted by Crippen LogP contribution is 2.17. The lowest BCUT2D eigenvalue weighted by atomic mass is 10.0. The zero-order chi connectivity index (χ0) is 51.3. The van der Waals surface area contributed by atoms with E-state index in [1.807, 2.05) is 109 Å². The summed E-state index contributed by atoms with van der Waals surface area (Å²) in [5.74, 6) is -2.94. The number of benzene rings is 4. The Bertz CT molecular complexity index is 2480. The topological polar surface area (TPSA) is 217 Å². The molecule has 17 nitrogen and oxygen atoms in total. The monoisotopic (exact) mass is 973 g/mol. The molecule has 5 aromatic rings. The van der Waals surface area contributed by atoms with Crippen LogP contribution in [0.2, 0.25) is 0 Å². The van der Waals surface area contributed by atoms with Gasteiger partial charge < -0.3 is 50.1 Å². The van der Waals surface area contributed by atoms with Gasteiger partial charge in [0.05, 0.1) is 32.3 Å². The van der Waals surface area contributed by atoms with Crippen molar-refractivity contribution in [1.29, 1.82) is 0 Å². The van der Waals surface area contributed by atoms with Crippen LogP contribution in [-0.2, 0) is 70.8 Å². The number of carbonyl (C=O) groups excluding carboxylic acids is 6. The molecule has 1 aromatic heterocycles. The van der Waals surface area contributed by atoms with Crippen LogP contribution >= 0.6 is 0 Å². The lowest BCUT2D eigenvalue weighted by Crippen LogP contribution is -2.60. The Labute approximate surface area is 415 Å². The lowest BCUT2D eigenvalue weighted by Gasteiger charge is -2.27. The van der Waals surface area contributed by atoms with E-state index < -0.39 is 71.5 Å². The second-order valence-corrected chi connectivity index (χ2v) is 18.6. The van der Waals surface area contributed by atoms with Crippen LogP contribution in [0.3, 0.4) is 0 Å². The maximum Gasteiger partial charge on any atom is 0.408 e. The quantitative estimate of drug-likeness (QED) is 0.0455. The highest BCUT2D eigenvalue weighted by molar-refractivity contribution is 5.96. The van der Waals surface area contributed by atoms with Crippen molar-refractivity contribution in [1.82, 2.24) is 36.1 Å². The van der Waals surface area contributed by atoms with Crippen molar-refractivity contribution in [3.8, 4) is 5.75 Å². The van der Waals surface area contributed by atoms with E-state index in [1.54, 1.807) is 57.6 Å². The molecule has 0 unspecified atom stereocenters. The molecule has 0 saturated heterocycles. The highest BCUT2D eigenvalue weighted by atomic mass is 16.6. The summed E-state index contributed by atoms with van der Waals surface area (Å²) >= 11 is 0. The van der Waals surface area contributed by atoms with Gasteiger partial charge in [-0.3, -0.25) is 19.2 Å². The van der Waals surface area contributed by atoms with Crippen molar-refractivity contribution in [2.45, 2.75) is 116 Å². The minimum absolute atomic E-state index is 0.0380. The third kappa shape index (κ3) is 19.1. The third-order valence-electron chi connectivity index (χ3n) is 10.9. The molecule has 5 N–H and O–H groups in total. The van der Waals surface area contributed by atoms with E-state index in [0.29, 0.717) is 36.6 Å². The molecule has 0 spiro atoms. The van der Waals surface area contributed by atoms with Gasteiger partial charge in [0.25, 0.3) is 0 Å². The number of aromatic nitrogens is 2. The van der Waals surface area contributed by atoms with E-state index >= 15 is 0 Å². The highest BCUT2D eigenvalue weighted by Gasteiger charge is 2.33. The first kappa shape index (κ1) is 54.4. The molecule has 17 heteroatoms. The summed E-state index contributed by atoms with van der Waals surface area (Å²) in [6.45, 7) is 10.9. The van der Waals surface area contributed by atoms with Gasteiger partial charge in [0.15, 0.2) is 0 Å². The minimum Gasteiger partial charge on any atom is -0.489 e. The first-order valence-corrected chi connectivity index (χ1v) is 23.6. The number of alkyl carbamates (subject to hydrolysis) is 1. The van der Waals surface area contributed by atoms with Crippen molar-refractivity contribution in [3.05, 3.63) is 156 Å². The molecule has 5 amide bonds. The number of hydrogen-bond donors (Lipinski definition) is 5. The fourth-order valence-corrected chi connectivity index (χ4v) is 7.27. The first-order chi connectivity index (χ1) is 33.9. The molecule has 378 valence electrons. The molecular formula is C54H67N7O10. The molecule has 0 aliphatic carbocycles. The van der Waals surface area contributed by atoms with Gasteiger partial charge in [0.1, 0.15) is 48.2 Å². The Kier molecular flexibility index (Phi) is 20.7. The molecule has 0 aliphatic rings. The Hall–Kier alpha value is -7.53. The lowest BCUT2D eigenvalue weighted by molar-refractivity contribution is -0.145. The van der Waals surface area contributed by atoms with Gasteiger partial charge >= 0.3 is 12.1 Å². The van der Waals surface area contributed by atoms with Crippen LogP contribution in [0.1, 0.15) is 75.9 Å². The third-order valence-corrected chi connectivity index (χ3v) is 10.9. The van der Waals surface area contributed by atoms with Crippen LogP contribution in [0.25, 0.3) is 0 Å². The van der Waals surface area contributed by atoms with Gasteiger partial charge in [-0.2, -0.15) is 0 Å². The molecule has 1 heterocycles. The average Bonchev–Trinajstić information content (AvgIpc) is 3.78. The Balaban J connectivity index is 1.40. The number of nitrogens with zero attached hydrogens (tertiary/aromatic N) is 2. The van der Waals surface area contributed by atoms with E-state index in [-0.39, 0.29) is 32.0 Å². The SMILES string of the molecule is COC(=O)[C@H](CC(C)C)NC(=O)[C@@H](C)NC(=O)[C@H](Cc1ccc(OCc2ccccc2)cc1)NC(=O)[C@H](COCc1ccccc1)NC(=O)[C@H](Cc1cn(Cc2ccccc2)cn1)NC(=O)OC(C)(C)C. The summed E-state index contributed by atoms with van der Waals surface area (Å²) in [4.78, 5) is 87.0. The molecular weight excluding hydrogens is 907 g/mol. The molecule has 0 saturated carbocycles. The number of hydrogen-bond acceptors (Lipinski definition) is 11. The Morgan fingerprint density at radius 1 is 0.592 bits per heavy atom. The standard InChI is InChI=1S/C54H67N7O10/c1-36(2)27-46(52(66)68-7)58-48(62)37(3)56-49(63)44(28-38-23-25-43(26-24-38)70-33-41-21-15-10-16-22-41)57-51(65)47(34-69-32-40-19-13-9-14-20-40)59-50(64)45(60-53(67)71-54(4,5)6)29-42-31-61(35-55-42)30-39-17-11-8-12-18-39/h8-26,31,35-37,44-47H,27-30,32-34H2,1-7H3,(H,56,63)(H,57,65)(H,58,62)(H,59,64)(H,60,67)/t37-,44+,45+,46+,47+/m1/s1. The normalized spacial score (nSPS) is 13.4. The molecule has 5 atom stereocenters. The molecule has 0 aliphatic heterocycles. The molecule has 71 heavy (non-hydrogen) atoms. The van der Waals surface area contributed by atoms with Crippen LogP contribution in [0.15, 0.2) is 128 Å². The fraction of sp³-hybridized carbons (Fsp3) is 0.389. The summed E-state index contributed by atoms with van der Waals surface area (Å²) in [5, 5.41) is 13.6. The summed E-state index contributed by atoms with van der Waals surface area (Å²) in [6.07, 6.45) is 2.70. The number of amides is 5. The number of esters is 1. The summed E-state index contributed by atoms with van der Waals surface area (Å²) < 4.78 is 24.3. The van der Waals surface area contributed by atoms with Gasteiger partial charge in [-0.15, -0.1) is 0 Å². The predicted octanol–water partition coefficient (Wildman–Crippen LogP) is 5.58. The molecule has 0 bridgehead atoms. The maximum atomic E-state index is 14.6.